The van der Waals surface area contributed by atoms with Crippen molar-refractivity contribution in [3.63, 3.8) is 0 Å². The Labute approximate surface area is 177 Å². The minimum absolute atomic E-state index is 0.0162. The van der Waals surface area contributed by atoms with Crippen LogP contribution in [0.4, 0.5) is 5.95 Å². The first-order chi connectivity index (χ1) is 14.6. The van der Waals surface area contributed by atoms with Gasteiger partial charge in [0.15, 0.2) is 0 Å². The number of rotatable bonds is 7. The predicted octanol–water partition coefficient (Wildman–Crippen LogP) is 3.98. The van der Waals surface area contributed by atoms with Gasteiger partial charge in [0.1, 0.15) is 0 Å². The van der Waals surface area contributed by atoms with Crippen LogP contribution in [0.15, 0.2) is 59.4 Å². The number of fused-ring (bicyclic) bond motifs is 3. The molecule has 1 heterocycles. The van der Waals surface area contributed by atoms with Crippen molar-refractivity contribution in [1.82, 2.24) is 9.55 Å². The molecule has 3 aromatic rings. The summed E-state index contributed by atoms with van der Waals surface area (Å²) in [6.07, 6.45) is 2.63. The lowest BCUT2D eigenvalue weighted by Crippen LogP contribution is -2.41. The van der Waals surface area contributed by atoms with Gasteiger partial charge in [-0.1, -0.05) is 68.4 Å². The van der Waals surface area contributed by atoms with E-state index in [9.17, 15) is 9.90 Å². The number of aliphatic hydroxyl groups excluding tert-OH is 1. The number of hydrogen-bond donors (Lipinski definition) is 2. The summed E-state index contributed by atoms with van der Waals surface area (Å²) in [5, 5.41) is 12.5. The van der Waals surface area contributed by atoms with E-state index in [2.05, 4.69) is 37.4 Å². The summed E-state index contributed by atoms with van der Waals surface area (Å²) < 4.78 is 1.73. The molecule has 0 atom stereocenters. The van der Waals surface area contributed by atoms with Crippen LogP contribution in [0, 0.1) is 0 Å². The van der Waals surface area contributed by atoms with Crippen LogP contribution in [0.1, 0.15) is 43.4 Å². The van der Waals surface area contributed by atoms with Gasteiger partial charge in [-0.25, -0.2) is 4.98 Å². The zero-order valence-electron chi connectivity index (χ0n) is 17.7. The van der Waals surface area contributed by atoms with Gasteiger partial charge in [-0.05, 0) is 30.4 Å². The highest BCUT2D eigenvalue weighted by molar-refractivity contribution is 5.72. The van der Waals surface area contributed by atoms with Gasteiger partial charge in [0, 0.05) is 17.5 Å². The molecule has 0 amide bonds. The largest absolute Gasteiger partial charge is 0.395 e. The molecule has 1 aromatic heterocycles. The van der Waals surface area contributed by atoms with Gasteiger partial charge in [0.2, 0.25) is 5.95 Å². The van der Waals surface area contributed by atoms with Gasteiger partial charge in [-0.15, -0.1) is 0 Å². The molecule has 30 heavy (non-hydrogen) atoms. The SMILES string of the molecule is CCC1(CC)Cc2ccccc2-c2nc(NCCO)n(Cc3ccccc3)c(=O)c21. The topological polar surface area (TPSA) is 67.2 Å². The summed E-state index contributed by atoms with van der Waals surface area (Å²) >= 11 is 0. The van der Waals surface area contributed by atoms with Crippen molar-refractivity contribution in [2.45, 2.75) is 45.1 Å². The maximum Gasteiger partial charge on any atom is 0.259 e. The summed E-state index contributed by atoms with van der Waals surface area (Å²) in [5.41, 5.74) is 4.75. The molecule has 2 aromatic carbocycles. The predicted molar refractivity (Wildman–Crippen MR) is 121 cm³/mol. The van der Waals surface area contributed by atoms with Crippen molar-refractivity contribution in [2.24, 2.45) is 0 Å². The first-order valence-corrected chi connectivity index (χ1v) is 10.8. The molecule has 0 fully saturated rings. The molecule has 1 aliphatic carbocycles. The van der Waals surface area contributed by atoms with E-state index in [0.29, 0.717) is 19.0 Å². The average Bonchev–Trinajstić information content (AvgIpc) is 2.79. The fraction of sp³-hybridized carbons (Fsp3) is 0.360. The third-order valence-corrected chi connectivity index (χ3v) is 6.43. The number of nitrogens with one attached hydrogen (secondary N) is 1. The molecule has 0 radical (unpaired) electrons. The van der Waals surface area contributed by atoms with Crippen molar-refractivity contribution < 1.29 is 5.11 Å². The van der Waals surface area contributed by atoms with Gasteiger partial charge in [-0.3, -0.25) is 9.36 Å². The van der Waals surface area contributed by atoms with E-state index in [-0.39, 0.29) is 17.6 Å². The second kappa shape index (κ2) is 8.44. The molecule has 2 N–H and O–H groups in total. The lowest BCUT2D eigenvalue weighted by Gasteiger charge is -2.38. The second-order valence-corrected chi connectivity index (χ2v) is 8.01. The van der Waals surface area contributed by atoms with Crippen LogP contribution >= 0.6 is 0 Å². The molecule has 5 heteroatoms. The molecule has 0 unspecified atom stereocenters. The van der Waals surface area contributed by atoms with E-state index < -0.39 is 0 Å². The van der Waals surface area contributed by atoms with Crippen LogP contribution in [0.25, 0.3) is 11.3 Å². The lowest BCUT2D eigenvalue weighted by molar-refractivity contribution is 0.310. The quantitative estimate of drug-likeness (QED) is 0.626. The van der Waals surface area contributed by atoms with Crippen molar-refractivity contribution in [1.29, 1.82) is 0 Å². The third-order valence-electron chi connectivity index (χ3n) is 6.43. The standard InChI is InChI=1S/C25H29N3O2/c1-3-25(4-2)16-19-12-8-9-13-20(19)22-21(25)23(30)28(24(27-22)26-14-15-29)17-18-10-6-5-7-11-18/h5-13,29H,3-4,14-17H2,1-2H3,(H,26,27). The Bertz CT molecular complexity index is 1090. The maximum atomic E-state index is 14.0. The minimum atomic E-state index is -0.221. The normalized spacial score (nSPS) is 14.1. The third kappa shape index (κ3) is 3.43. The molecule has 0 saturated carbocycles. The Kier molecular flexibility index (Phi) is 5.73. The van der Waals surface area contributed by atoms with Gasteiger partial charge in [0.25, 0.3) is 5.56 Å². The summed E-state index contributed by atoms with van der Waals surface area (Å²) in [7, 11) is 0. The first kappa shape index (κ1) is 20.4. The van der Waals surface area contributed by atoms with Gasteiger partial charge < -0.3 is 10.4 Å². The maximum absolute atomic E-state index is 14.0. The molecule has 5 nitrogen and oxygen atoms in total. The highest BCUT2D eigenvalue weighted by atomic mass is 16.3. The zero-order chi connectivity index (χ0) is 21.1. The van der Waals surface area contributed by atoms with Crippen LogP contribution in [0.5, 0.6) is 0 Å². The van der Waals surface area contributed by atoms with Gasteiger partial charge >= 0.3 is 0 Å². The van der Waals surface area contributed by atoms with E-state index in [1.165, 1.54) is 5.56 Å². The summed E-state index contributed by atoms with van der Waals surface area (Å²) in [6, 6.07) is 18.2. The average molecular weight is 404 g/mol. The van der Waals surface area contributed by atoms with E-state index in [4.69, 9.17) is 4.98 Å². The fourth-order valence-electron chi connectivity index (χ4n) is 4.65. The Morgan fingerprint density at radius 2 is 1.77 bits per heavy atom. The molecular formula is C25H29N3O2. The first-order valence-electron chi connectivity index (χ1n) is 10.8. The number of hydrogen-bond acceptors (Lipinski definition) is 4. The van der Waals surface area contributed by atoms with E-state index in [1.54, 1.807) is 4.57 Å². The number of benzene rings is 2. The fourth-order valence-corrected chi connectivity index (χ4v) is 4.65. The number of aliphatic hydroxyl groups is 1. The molecule has 4 rings (SSSR count). The smallest absolute Gasteiger partial charge is 0.259 e. The number of anilines is 1. The van der Waals surface area contributed by atoms with Crippen molar-refractivity contribution in [3.8, 4) is 11.3 Å². The van der Waals surface area contributed by atoms with Crippen LogP contribution < -0.4 is 10.9 Å². The zero-order valence-corrected chi connectivity index (χ0v) is 17.7. The highest BCUT2D eigenvalue weighted by Gasteiger charge is 2.40. The van der Waals surface area contributed by atoms with Crippen LogP contribution in [-0.2, 0) is 18.4 Å². The molecule has 156 valence electrons. The Hall–Kier alpha value is -2.92. The van der Waals surface area contributed by atoms with Crippen LogP contribution in [-0.4, -0.2) is 27.8 Å². The molecule has 1 aliphatic rings. The minimum Gasteiger partial charge on any atom is -0.395 e. The molecule has 0 saturated heterocycles. The van der Waals surface area contributed by atoms with Crippen LogP contribution in [0.2, 0.25) is 0 Å². The number of aromatic nitrogens is 2. The Morgan fingerprint density at radius 1 is 1.07 bits per heavy atom. The molecule has 0 bridgehead atoms. The lowest BCUT2D eigenvalue weighted by atomic mass is 9.66. The van der Waals surface area contributed by atoms with E-state index >= 15 is 0 Å². The molecular weight excluding hydrogens is 374 g/mol. The summed E-state index contributed by atoms with van der Waals surface area (Å²) in [6.45, 7) is 5.09. The van der Waals surface area contributed by atoms with Crippen molar-refractivity contribution in [2.75, 3.05) is 18.5 Å². The van der Waals surface area contributed by atoms with Gasteiger partial charge in [-0.2, -0.15) is 0 Å². The molecule has 0 aliphatic heterocycles. The highest BCUT2D eigenvalue weighted by Crippen LogP contribution is 2.44. The van der Waals surface area contributed by atoms with Crippen molar-refractivity contribution >= 4 is 5.95 Å². The monoisotopic (exact) mass is 403 g/mol. The number of nitrogens with zero attached hydrogens (tertiary/aromatic N) is 2. The Morgan fingerprint density at radius 3 is 2.47 bits per heavy atom. The summed E-state index contributed by atoms with van der Waals surface area (Å²) in [5.74, 6) is 0.509. The second-order valence-electron chi connectivity index (χ2n) is 8.01. The Balaban J connectivity index is 1.98. The van der Waals surface area contributed by atoms with E-state index in [1.807, 2.05) is 36.4 Å². The van der Waals surface area contributed by atoms with Crippen molar-refractivity contribution in [3.05, 3.63) is 81.6 Å². The summed E-state index contributed by atoms with van der Waals surface area (Å²) in [4.78, 5) is 18.9. The van der Waals surface area contributed by atoms with Crippen LogP contribution in [0.3, 0.4) is 0 Å². The van der Waals surface area contributed by atoms with E-state index in [0.717, 1.165) is 41.6 Å². The van der Waals surface area contributed by atoms with Gasteiger partial charge in [0.05, 0.1) is 24.4 Å². The molecule has 0 spiro atoms.